The molecular weight excluding hydrogens is 622 g/mol. The topological polar surface area (TPSA) is 121 Å². The van der Waals surface area contributed by atoms with E-state index in [0.717, 1.165) is 6.42 Å². The smallest absolute Gasteiger partial charge is 0.356 e. The van der Waals surface area contributed by atoms with Gasteiger partial charge in [-0.1, -0.05) is 99.0 Å². The first-order valence-corrected chi connectivity index (χ1v) is 21.7. The van der Waals surface area contributed by atoms with Gasteiger partial charge in [-0.2, -0.15) is 9.97 Å². The van der Waals surface area contributed by atoms with Crippen LogP contribution < -0.4 is 5.32 Å². The summed E-state index contributed by atoms with van der Waals surface area (Å²) in [5.74, 6) is 2.70. The van der Waals surface area contributed by atoms with Crippen molar-refractivity contribution in [1.82, 2.24) is 19.5 Å². The lowest BCUT2D eigenvalue weighted by Gasteiger charge is -2.38. The molecule has 3 heterocycles. The number of hydrogen-bond donors (Lipinski definition) is 2. The van der Waals surface area contributed by atoms with Gasteiger partial charge in [0, 0.05) is 23.1 Å². The van der Waals surface area contributed by atoms with E-state index in [1.54, 1.807) is 18.4 Å². The summed E-state index contributed by atoms with van der Waals surface area (Å²) in [6, 6.07) is 0. The van der Waals surface area contributed by atoms with Gasteiger partial charge in [0.05, 0.1) is 19.0 Å². The molecule has 0 spiro atoms. The summed E-state index contributed by atoms with van der Waals surface area (Å²) in [6.07, 6.45) is 1.26. The van der Waals surface area contributed by atoms with Crippen molar-refractivity contribution < 1.29 is 22.9 Å². The summed E-state index contributed by atoms with van der Waals surface area (Å²) >= 11 is 7.93. The minimum absolute atomic E-state index is 0.0497. The Balaban J connectivity index is 2.02. The van der Waals surface area contributed by atoms with Gasteiger partial charge in [0.15, 0.2) is 22.6 Å². The van der Waals surface area contributed by atoms with E-state index >= 15 is 0 Å². The number of amides is 1. The summed E-state index contributed by atoms with van der Waals surface area (Å²) in [4.78, 5) is 25.5. The summed E-state index contributed by atoms with van der Waals surface area (Å²) < 4.78 is 21.5. The lowest BCUT2D eigenvalue weighted by atomic mass is 9.99. The van der Waals surface area contributed by atoms with Gasteiger partial charge >= 0.3 is 8.56 Å². The highest BCUT2D eigenvalue weighted by atomic mass is 35.5. The standard InChI is InChI=1S/C29H48ClN5O5SSi2/c1-12-21(8)43(20(6)7,40-41-19(4)5)38-16-22-15-29(37,13-14-42(9,10)11)27(39-22)35-17-31-23-24(30)32-28(33-25(23)35)34-26(36)18(2)3/h17-22,27,37H,12,15-16H2,1-11H3,(H,32,33,34,36)/t21?,22-,27+,29-,43?/m0/s1. The Morgan fingerprint density at radius 1 is 1.26 bits per heavy atom. The van der Waals surface area contributed by atoms with E-state index in [4.69, 9.17) is 24.6 Å². The van der Waals surface area contributed by atoms with Crippen LogP contribution in [0.1, 0.15) is 74.5 Å². The molecule has 2 aromatic rings. The molecule has 1 aliphatic heterocycles. The average molecular weight is 670 g/mol. The summed E-state index contributed by atoms with van der Waals surface area (Å²) in [7, 11) is -4.56. The van der Waals surface area contributed by atoms with E-state index in [1.165, 1.54) is 18.4 Å². The molecule has 1 amide bonds. The van der Waals surface area contributed by atoms with Crippen molar-refractivity contribution in [3.8, 4) is 11.5 Å². The molecule has 1 fully saturated rings. The van der Waals surface area contributed by atoms with Gasteiger partial charge in [0.25, 0.3) is 0 Å². The zero-order chi connectivity index (χ0) is 32.3. The van der Waals surface area contributed by atoms with E-state index < -0.39 is 34.6 Å². The third-order valence-electron chi connectivity index (χ3n) is 7.28. The summed E-state index contributed by atoms with van der Waals surface area (Å²) in [6.45, 7) is 23.0. The van der Waals surface area contributed by atoms with Gasteiger partial charge in [-0.3, -0.25) is 14.7 Å². The third kappa shape index (κ3) is 8.61. The molecule has 2 unspecified atom stereocenters. The lowest BCUT2D eigenvalue weighted by Crippen LogP contribution is -2.49. The van der Waals surface area contributed by atoms with Crippen LogP contribution in [-0.4, -0.2) is 70.7 Å². The molecular formula is C29H48ClN5O5SSi2. The highest BCUT2D eigenvalue weighted by Gasteiger charge is 2.52. The zero-order valence-electron chi connectivity index (χ0n) is 27.3. The fourth-order valence-corrected chi connectivity index (χ4v) is 11.3. The third-order valence-corrected chi connectivity index (χ3v) is 14.2. The second kappa shape index (κ2) is 14.3. The molecule has 0 aliphatic carbocycles. The number of ether oxygens (including phenoxy) is 1. The number of nitrogens with zero attached hydrogens (tertiary/aromatic N) is 4. The van der Waals surface area contributed by atoms with Crippen molar-refractivity contribution in [1.29, 1.82) is 0 Å². The molecule has 0 bridgehead atoms. The molecule has 0 saturated carbocycles. The van der Waals surface area contributed by atoms with Crippen molar-refractivity contribution in [2.24, 2.45) is 5.92 Å². The Bertz CT molecular complexity index is 1340. The van der Waals surface area contributed by atoms with Gasteiger partial charge in [-0.25, -0.2) is 4.98 Å². The largest absolute Gasteiger partial charge is 0.391 e. The quantitative estimate of drug-likeness (QED) is 0.110. The van der Waals surface area contributed by atoms with Crippen LogP contribution in [0, 0.1) is 17.4 Å². The molecule has 1 aliphatic rings. The maximum absolute atomic E-state index is 12.4. The van der Waals surface area contributed by atoms with Gasteiger partial charge < -0.3 is 18.1 Å². The van der Waals surface area contributed by atoms with E-state index in [2.05, 4.69) is 92.9 Å². The van der Waals surface area contributed by atoms with Crippen molar-refractivity contribution in [3.63, 3.8) is 0 Å². The molecule has 14 heteroatoms. The van der Waals surface area contributed by atoms with Crippen molar-refractivity contribution in [3.05, 3.63) is 11.5 Å². The Morgan fingerprint density at radius 2 is 1.93 bits per heavy atom. The maximum Gasteiger partial charge on any atom is 0.356 e. The van der Waals surface area contributed by atoms with E-state index in [-0.39, 0.29) is 47.0 Å². The number of hydrogen-bond acceptors (Lipinski definition) is 9. The van der Waals surface area contributed by atoms with Crippen LogP contribution in [0.4, 0.5) is 5.95 Å². The number of rotatable bonds is 12. The maximum atomic E-state index is 12.4. The number of halogens is 1. The van der Waals surface area contributed by atoms with Crippen LogP contribution in [0.5, 0.6) is 0 Å². The van der Waals surface area contributed by atoms with Crippen LogP contribution in [0.2, 0.25) is 35.9 Å². The van der Waals surface area contributed by atoms with E-state index in [9.17, 15) is 9.90 Å². The molecule has 0 radical (unpaired) electrons. The number of carbonyl (C=O) groups excluding carboxylic acids is 1. The fraction of sp³-hybridized carbons (Fsp3) is 0.724. The van der Waals surface area contributed by atoms with Crippen LogP contribution in [0.15, 0.2) is 6.33 Å². The van der Waals surface area contributed by atoms with Gasteiger partial charge in [0.1, 0.15) is 13.6 Å². The first-order valence-electron chi connectivity index (χ1n) is 15.0. The SMILES string of the molecule is CCC(C)[Si](OC[C@@H]1C[C@@](O)(C#C[Si](C)(C)C)[C@H](n2cnc3c(Cl)nc(NC(=O)C(C)C)nc32)O1)(OSC(C)C)C(C)C. The van der Waals surface area contributed by atoms with Crippen molar-refractivity contribution in [2.45, 2.75) is 122 Å². The number of carbonyl (C=O) groups is 1. The molecule has 2 aromatic heterocycles. The van der Waals surface area contributed by atoms with Crippen LogP contribution in [0.3, 0.4) is 0 Å². The Hall–Kier alpha value is -1.51. The average Bonchev–Trinajstić information content (AvgIpc) is 3.47. The second-order valence-corrected chi connectivity index (χ2v) is 24.1. The molecule has 1 saturated heterocycles. The van der Waals surface area contributed by atoms with Crippen LogP contribution >= 0.6 is 23.6 Å². The summed E-state index contributed by atoms with van der Waals surface area (Å²) in [5.41, 5.74) is 2.88. The number of aliphatic hydroxyl groups is 1. The fourth-order valence-electron chi connectivity index (χ4n) is 4.72. The normalized spacial score (nSPS) is 23.1. The first-order chi connectivity index (χ1) is 19.9. The van der Waals surface area contributed by atoms with Gasteiger partial charge in [0.2, 0.25) is 11.9 Å². The molecule has 0 aromatic carbocycles. The highest BCUT2D eigenvalue weighted by molar-refractivity contribution is 7.96. The minimum Gasteiger partial charge on any atom is -0.391 e. The Morgan fingerprint density at radius 3 is 2.49 bits per heavy atom. The second-order valence-electron chi connectivity index (χ2n) is 13.3. The highest BCUT2D eigenvalue weighted by Crippen LogP contribution is 2.43. The number of fused-ring (bicyclic) bond motifs is 1. The van der Waals surface area contributed by atoms with Gasteiger partial charge in [-0.05, 0) is 17.6 Å². The van der Waals surface area contributed by atoms with Gasteiger partial charge in [-0.15, -0.1) is 5.54 Å². The van der Waals surface area contributed by atoms with Crippen LogP contribution in [-0.2, 0) is 17.8 Å². The zero-order valence-corrected chi connectivity index (χ0v) is 30.9. The van der Waals surface area contributed by atoms with Crippen molar-refractivity contribution >= 4 is 63.3 Å². The monoisotopic (exact) mass is 669 g/mol. The Labute approximate surface area is 267 Å². The van der Waals surface area contributed by atoms with E-state index in [1.807, 2.05) is 0 Å². The van der Waals surface area contributed by atoms with Crippen molar-refractivity contribution in [2.75, 3.05) is 11.9 Å². The number of aromatic nitrogens is 4. The number of imidazole rings is 1. The summed E-state index contributed by atoms with van der Waals surface area (Å²) in [5, 5.41) is 15.2. The lowest BCUT2D eigenvalue weighted by molar-refractivity contribution is -0.118. The molecule has 2 N–H and O–H groups in total. The molecule has 5 atom stereocenters. The molecule has 10 nitrogen and oxygen atoms in total. The molecule has 3 rings (SSSR count). The van der Waals surface area contributed by atoms with Crippen LogP contribution in [0.25, 0.3) is 11.2 Å². The predicted molar refractivity (Wildman–Crippen MR) is 179 cm³/mol. The minimum atomic E-state index is -2.70. The Kier molecular flexibility index (Phi) is 11.9. The molecule has 43 heavy (non-hydrogen) atoms. The molecule has 240 valence electrons. The van der Waals surface area contributed by atoms with E-state index in [0.29, 0.717) is 16.4 Å². The number of anilines is 1. The first kappa shape index (κ1) is 36.0. The number of nitrogens with one attached hydrogen (secondary N) is 1. The predicted octanol–water partition coefficient (Wildman–Crippen LogP) is 6.72.